The molecule has 3 aromatic rings. The van der Waals surface area contributed by atoms with Crippen LogP contribution in [-0.2, 0) is 0 Å². The Balaban J connectivity index is 1.43. The van der Waals surface area contributed by atoms with Gasteiger partial charge in [0, 0.05) is 38.1 Å². The monoisotopic (exact) mass is 426 g/mol. The maximum Gasteiger partial charge on any atom is 0.272 e. The minimum Gasteiger partial charge on any atom is -0.496 e. The average Bonchev–Trinajstić information content (AvgIpc) is 3.23. The second kappa shape index (κ2) is 9.36. The van der Waals surface area contributed by atoms with Crippen LogP contribution in [0.4, 0.5) is 10.1 Å². The van der Waals surface area contributed by atoms with Gasteiger partial charge in [0.15, 0.2) is 0 Å². The number of para-hydroxylation sites is 2. The number of aromatic nitrogens is 1. The van der Waals surface area contributed by atoms with Crippen LogP contribution < -0.4 is 14.8 Å². The number of benzene rings is 2. The summed E-state index contributed by atoms with van der Waals surface area (Å²) in [5, 5.41) is 3.38. The van der Waals surface area contributed by atoms with Crippen molar-refractivity contribution in [2.24, 2.45) is 0 Å². The van der Waals surface area contributed by atoms with Crippen molar-refractivity contribution < 1.29 is 18.7 Å². The van der Waals surface area contributed by atoms with E-state index < -0.39 is 5.82 Å². The number of anilines is 1. The second-order valence-corrected chi connectivity index (χ2v) is 7.66. The topological polar surface area (TPSA) is 69.8 Å². The van der Waals surface area contributed by atoms with Crippen LogP contribution in [-0.4, -0.2) is 74.2 Å². The number of carbonyl (C=O) groups is 1. The molecular weight excluding hydrogens is 399 g/mol. The van der Waals surface area contributed by atoms with Crippen LogP contribution >= 0.6 is 0 Å². The number of methoxy groups -OCH3 is 1. The van der Waals surface area contributed by atoms with Gasteiger partial charge in [0.2, 0.25) is 0 Å². The molecule has 0 unspecified atom stereocenters. The molecule has 0 aliphatic carbocycles. The maximum atomic E-state index is 14.1. The summed E-state index contributed by atoms with van der Waals surface area (Å²) < 4.78 is 25.4. The third kappa shape index (κ3) is 4.81. The van der Waals surface area contributed by atoms with Crippen molar-refractivity contribution in [2.75, 3.05) is 58.8 Å². The van der Waals surface area contributed by atoms with Crippen LogP contribution in [0.25, 0.3) is 10.9 Å². The van der Waals surface area contributed by atoms with Gasteiger partial charge < -0.3 is 24.7 Å². The molecule has 2 heterocycles. The first-order valence-electron chi connectivity index (χ1n) is 10.3. The lowest BCUT2D eigenvalue weighted by molar-refractivity contribution is 0.102. The molecule has 2 N–H and O–H groups in total. The zero-order valence-corrected chi connectivity index (χ0v) is 17.8. The molecule has 7 nitrogen and oxygen atoms in total. The molecule has 1 aromatic heterocycles. The van der Waals surface area contributed by atoms with Gasteiger partial charge in [-0.1, -0.05) is 12.1 Å². The Hall–Kier alpha value is -3.10. The number of halogens is 1. The predicted octanol–water partition coefficient (Wildman–Crippen LogP) is 3.19. The van der Waals surface area contributed by atoms with Gasteiger partial charge in [0.05, 0.1) is 18.3 Å². The number of carbonyl (C=O) groups excluding carboxylic acids is 1. The Morgan fingerprint density at radius 1 is 1.13 bits per heavy atom. The van der Waals surface area contributed by atoms with Gasteiger partial charge in [-0.25, -0.2) is 4.39 Å². The van der Waals surface area contributed by atoms with Crippen LogP contribution in [0.3, 0.4) is 0 Å². The van der Waals surface area contributed by atoms with Crippen LogP contribution in [0.5, 0.6) is 11.5 Å². The minimum absolute atomic E-state index is 0.237. The summed E-state index contributed by atoms with van der Waals surface area (Å²) in [5.74, 6) is 0.277. The fourth-order valence-electron chi connectivity index (χ4n) is 3.70. The number of H-pyrrole nitrogens is 1. The van der Waals surface area contributed by atoms with Crippen molar-refractivity contribution in [1.82, 2.24) is 14.8 Å². The molecule has 1 fully saturated rings. The molecule has 164 valence electrons. The van der Waals surface area contributed by atoms with Gasteiger partial charge >= 0.3 is 0 Å². The molecule has 0 spiro atoms. The number of ether oxygens (including phenoxy) is 2. The third-order valence-electron chi connectivity index (χ3n) is 5.56. The summed E-state index contributed by atoms with van der Waals surface area (Å²) in [4.78, 5) is 20.4. The molecular formula is C23H27FN4O3. The highest BCUT2D eigenvalue weighted by molar-refractivity contribution is 6.07. The van der Waals surface area contributed by atoms with E-state index in [9.17, 15) is 9.18 Å². The summed E-state index contributed by atoms with van der Waals surface area (Å²) in [6.07, 6.45) is 0. The highest BCUT2D eigenvalue weighted by Crippen LogP contribution is 2.29. The Labute approximate surface area is 180 Å². The van der Waals surface area contributed by atoms with Crippen molar-refractivity contribution in [1.29, 1.82) is 0 Å². The fraction of sp³-hybridized carbons (Fsp3) is 0.348. The van der Waals surface area contributed by atoms with E-state index in [4.69, 9.17) is 9.47 Å². The van der Waals surface area contributed by atoms with E-state index in [0.29, 0.717) is 29.2 Å². The number of aromatic amines is 1. The first-order valence-corrected chi connectivity index (χ1v) is 10.3. The number of nitrogens with zero attached hydrogens (tertiary/aromatic N) is 2. The molecule has 1 amide bonds. The molecule has 2 aromatic carbocycles. The molecule has 1 aliphatic rings. The zero-order chi connectivity index (χ0) is 21.8. The van der Waals surface area contributed by atoms with Crippen LogP contribution in [0.15, 0.2) is 42.5 Å². The van der Waals surface area contributed by atoms with Gasteiger partial charge in [-0.2, -0.15) is 0 Å². The largest absolute Gasteiger partial charge is 0.496 e. The van der Waals surface area contributed by atoms with Gasteiger partial charge in [-0.15, -0.1) is 0 Å². The van der Waals surface area contributed by atoms with Crippen molar-refractivity contribution in [3.05, 3.63) is 54.0 Å². The van der Waals surface area contributed by atoms with E-state index in [0.717, 1.165) is 32.7 Å². The maximum absolute atomic E-state index is 14.1. The number of hydrogen-bond donors (Lipinski definition) is 2. The van der Waals surface area contributed by atoms with Gasteiger partial charge in [0.25, 0.3) is 5.91 Å². The summed E-state index contributed by atoms with van der Waals surface area (Å²) in [7, 11) is 3.64. The van der Waals surface area contributed by atoms with Crippen LogP contribution in [0.2, 0.25) is 0 Å². The summed E-state index contributed by atoms with van der Waals surface area (Å²) >= 11 is 0. The Kier molecular flexibility index (Phi) is 6.39. The second-order valence-electron chi connectivity index (χ2n) is 7.66. The van der Waals surface area contributed by atoms with E-state index in [2.05, 4.69) is 27.1 Å². The lowest BCUT2D eigenvalue weighted by Gasteiger charge is -2.32. The predicted molar refractivity (Wildman–Crippen MR) is 119 cm³/mol. The van der Waals surface area contributed by atoms with Crippen molar-refractivity contribution in [3.63, 3.8) is 0 Å². The lowest BCUT2D eigenvalue weighted by atomic mass is 10.2. The normalized spacial score (nSPS) is 15.2. The number of piperazine rings is 1. The number of fused-ring (bicyclic) bond motifs is 1. The molecule has 31 heavy (non-hydrogen) atoms. The van der Waals surface area contributed by atoms with E-state index in [1.54, 1.807) is 12.1 Å². The Morgan fingerprint density at radius 2 is 1.90 bits per heavy atom. The van der Waals surface area contributed by atoms with E-state index in [1.807, 2.05) is 18.2 Å². The number of nitrogens with one attached hydrogen (secondary N) is 2. The van der Waals surface area contributed by atoms with Gasteiger partial charge in [-0.05, 0) is 37.4 Å². The lowest BCUT2D eigenvalue weighted by Crippen LogP contribution is -2.45. The number of rotatable bonds is 7. The number of likely N-dealkylation sites (N-methyl/N-ethyl adjacent to an activating group) is 1. The van der Waals surface area contributed by atoms with Crippen molar-refractivity contribution >= 4 is 22.5 Å². The number of amides is 1. The standard InChI is InChI=1S/C23H27FN4O3/c1-27-9-11-28(12-10-27)13-14-31-21-6-4-3-5-18(21)26-23(29)19-15-16-20(30-2)8-7-17(24)22(16)25-19/h3-8,15,25H,9-14H2,1-2H3,(H,26,29). The Morgan fingerprint density at radius 3 is 2.68 bits per heavy atom. The minimum atomic E-state index is -0.442. The van der Waals surface area contributed by atoms with E-state index in [1.165, 1.54) is 19.2 Å². The average molecular weight is 426 g/mol. The molecule has 8 heteroatoms. The molecule has 1 aliphatic heterocycles. The van der Waals surface area contributed by atoms with Crippen molar-refractivity contribution in [3.8, 4) is 11.5 Å². The SMILES string of the molecule is COc1ccc(F)c2[nH]c(C(=O)Nc3ccccc3OCCN3CCN(C)CC3)cc12. The summed E-state index contributed by atoms with van der Waals surface area (Å²) in [6.45, 7) is 5.53. The first-order chi connectivity index (χ1) is 15.0. The molecule has 0 bridgehead atoms. The summed E-state index contributed by atoms with van der Waals surface area (Å²) in [5.41, 5.74) is 1.05. The highest BCUT2D eigenvalue weighted by Gasteiger charge is 2.17. The van der Waals surface area contributed by atoms with Gasteiger partial charge in [0.1, 0.15) is 29.6 Å². The number of hydrogen-bond acceptors (Lipinski definition) is 5. The quantitative estimate of drug-likeness (QED) is 0.607. The molecule has 0 atom stereocenters. The summed E-state index contributed by atoms with van der Waals surface area (Å²) in [6, 6.07) is 11.7. The fourth-order valence-corrected chi connectivity index (χ4v) is 3.70. The van der Waals surface area contributed by atoms with Crippen LogP contribution in [0.1, 0.15) is 10.5 Å². The smallest absolute Gasteiger partial charge is 0.272 e. The molecule has 0 radical (unpaired) electrons. The molecule has 4 rings (SSSR count). The van der Waals surface area contributed by atoms with E-state index >= 15 is 0 Å². The van der Waals surface area contributed by atoms with Crippen molar-refractivity contribution in [2.45, 2.75) is 0 Å². The van der Waals surface area contributed by atoms with E-state index in [-0.39, 0.29) is 17.1 Å². The molecule has 1 saturated heterocycles. The van der Waals surface area contributed by atoms with Gasteiger partial charge in [-0.3, -0.25) is 9.69 Å². The zero-order valence-electron chi connectivity index (χ0n) is 17.8. The molecule has 0 saturated carbocycles. The third-order valence-corrected chi connectivity index (χ3v) is 5.56. The first kappa shape index (κ1) is 21.1. The van der Waals surface area contributed by atoms with Crippen LogP contribution in [0, 0.1) is 5.82 Å². The highest BCUT2D eigenvalue weighted by atomic mass is 19.1. The Bertz CT molecular complexity index is 1060.